The average molecular weight is 166 g/mol. The molecule has 12 heavy (non-hydrogen) atoms. The minimum absolute atomic E-state index is 0.295. The number of rotatable bonds is 5. The van der Waals surface area contributed by atoms with Gasteiger partial charge in [0.2, 0.25) is 0 Å². The lowest BCUT2D eigenvalue weighted by atomic mass is 10.1. The normalized spacial score (nSPS) is 14.1. The van der Waals surface area contributed by atoms with Crippen LogP contribution in [-0.4, -0.2) is 11.2 Å². The maximum absolute atomic E-state index is 9.33. The number of aliphatic hydroxyl groups is 1. The molecule has 0 bridgehead atoms. The van der Waals surface area contributed by atoms with Gasteiger partial charge in [-0.15, -0.1) is 6.58 Å². The Balaban J connectivity index is 3.86. The molecule has 0 saturated carbocycles. The standard InChI is InChI=1S/C11H18O/c1-5-6-11(12)8-7-10(4)9(2)3/h5,7,11-12H,1-2,6,8H2,3-4H3/b10-7+. The minimum Gasteiger partial charge on any atom is -0.392 e. The zero-order valence-corrected chi connectivity index (χ0v) is 8.01. The molecule has 68 valence electrons. The molecule has 1 atom stereocenters. The molecule has 0 aliphatic carbocycles. The molecule has 0 aliphatic heterocycles. The molecule has 1 N–H and O–H groups in total. The van der Waals surface area contributed by atoms with Gasteiger partial charge in [-0.3, -0.25) is 0 Å². The predicted octanol–water partition coefficient (Wildman–Crippen LogP) is 2.84. The Morgan fingerprint density at radius 1 is 1.42 bits per heavy atom. The van der Waals surface area contributed by atoms with E-state index >= 15 is 0 Å². The van der Waals surface area contributed by atoms with E-state index in [1.54, 1.807) is 6.08 Å². The van der Waals surface area contributed by atoms with Crippen molar-refractivity contribution in [2.45, 2.75) is 32.8 Å². The Bertz CT molecular complexity index is 189. The Morgan fingerprint density at radius 2 is 2.00 bits per heavy atom. The highest BCUT2D eigenvalue weighted by Crippen LogP contribution is 2.08. The second-order valence-electron chi connectivity index (χ2n) is 3.08. The number of hydrogen-bond donors (Lipinski definition) is 1. The predicted molar refractivity (Wildman–Crippen MR) is 54.0 cm³/mol. The lowest BCUT2D eigenvalue weighted by Gasteiger charge is -2.05. The van der Waals surface area contributed by atoms with Gasteiger partial charge in [0, 0.05) is 0 Å². The number of hydrogen-bond acceptors (Lipinski definition) is 1. The van der Waals surface area contributed by atoms with Gasteiger partial charge in [0.1, 0.15) is 0 Å². The molecule has 0 fully saturated rings. The zero-order valence-electron chi connectivity index (χ0n) is 8.01. The van der Waals surface area contributed by atoms with Crippen LogP contribution in [0.25, 0.3) is 0 Å². The van der Waals surface area contributed by atoms with Crippen LogP contribution in [0.15, 0.2) is 36.5 Å². The molecule has 1 nitrogen and oxygen atoms in total. The fraction of sp³-hybridized carbons (Fsp3) is 0.455. The average Bonchev–Trinajstić information content (AvgIpc) is 2.00. The summed E-state index contributed by atoms with van der Waals surface area (Å²) in [6.07, 6.45) is 4.78. The molecular formula is C11H18O. The van der Waals surface area contributed by atoms with E-state index in [1.165, 1.54) is 0 Å². The molecule has 0 rings (SSSR count). The summed E-state index contributed by atoms with van der Waals surface area (Å²) in [6, 6.07) is 0. The third kappa shape index (κ3) is 4.91. The van der Waals surface area contributed by atoms with Crippen LogP contribution in [0.2, 0.25) is 0 Å². The highest BCUT2D eigenvalue weighted by molar-refractivity contribution is 5.23. The van der Waals surface area contributed by atoms with Gasteiger partial charge in [-0.25, -0.2) is 0 Å². The van der Waals surface area contributed by atoms with Crippen LogP contribution >= 0.6 is 0 Å². The first-order valence-electron chi connectivity index (χ1n) is 4.19. The second-order valence-corrected chi connectivity index (χ2v) is 3.08. The molecule has 0 aromatic heterocycles. The van der Waals surface area contributed by atoms with E-state index in [1.807, 2.05) is 19.9 Å². The molecular weight excluding hydrogens is 148 g/mol. The van der Waals surface area contributed by atoms with Crippen molar-refractivity contribution in [3.05, 3.63) is 36.5 Å². The van der Waals surface area contributed by atoms with Crippen LogP contribution < -0.4 is 0 Å². The van der Waals surface area contributed by atoms with Crippen LogP contribution in [0.3, 0.4) is 0 Å². The van der Waals surface area contributed by atoms with Crippen molar-refractivity contribution in [1.29, 1.82) is 0 Å². The highest BCUT2D eigenvalue weighted by atomic mass is 16.3. The summed E-state index contributed by atoms with van der Waals surface area (Å²) in [5.74, 6) is 0. The van der Waals surface area contributed by atoms with Crippen LogP contribution in [-0.2, 0) is 0 Å². The quantitative estimate of drug-likeness (QED) is 0.492. The molecule has 1 heteroatoms. The van der Waals surface area contributed by atoms with E-state index in [4.69, 9.17) is 0 Å². The summed E-state index contributed by atoms with van der Waals surface area (Å²) in [4.78, 5) is 0. The fourth-order valence-electron chi connectivity index (χ4n) is 0.776. The lowest BCUT2D eigenvalue weighted by Crippen LogP contribution is -2.02. The maximum Gasteiger partial charge on any atom is 0.0609 e. The summed E-state index contributed by atoms with van der Waals surface area (Å²) in [6.45, 7) is 11.3. The van der Waals surface area contributed by atoms with Crippen molar-refractivity contribution < 1.29 is 5.11 Å². The Morgan fingerprint density at radius 3 is 2.42 bits per heavy atom. The maximum atomic E-state index is 9.33. The molecule has 0 radical (unpaired) electrons. The Labute approximate surface area is 75.1 Å². The fourth-order valence-corrected chi connectivity index (χ4v) is 0.776. The van der Waals surface area contributed by atoms with E-state index in [9.17, 15) is 5.11 Å². The van der Waals surface area contributed by atoms with Crippen molar-refractivity contribution in [3.63, 3.8) is 0 Å². The lowest BCUT2D eigenvalue weighted by molar-refractivity contribution is 0.181. The van der Waals surface area contributed by atoms with Crippen LogP contribution in [0, 0.1) is 0 Å². The summed E-state index contributed by atoms with van der Waals surface area (Å²) in [5, 5.41) is 9.33. The van der Waals surface area contributed by atoms with Crippen molar-refractivity contribution in [2.75, 3.05) is 0 Å². The zero-order chi connectivity index (χ0) is 9.56. The minimum atomic E-state index is -0.295. The summed E-state index contributed by atoms with van der Waals surface area (Å²) in [5.41, 5.74) is 2.21. The largest absolute Gasteiger partial charge is 0.392 e. The Kier molecular flexibility index (Phi) is 5.39. The first kappa shape index (κ1) is 11.2. The summed E-state index contributed by atoms with van der Waals surface area (Å²) < 4.78 is 0. The third-order valence-electron chi connectivity index (χ3n) is 1.81. The number of aliphatic hydroxyl groups excluding tert-OH is 1. The molecule has 0 heterocycles. The van der Waals surface area contributed by atoms with Gasteiger partial charge in [0.15, 0.2) is 0 Å². The topological polar surface area (TPSA) is 20.2 Å². The molecule has 0 aliphatic rings. The van der Waals surface area contributed by atoms with E-state index in [2.05, 4.69) is 13.2 Å². The van der Waals surface area contributed by atoms with Crippen LogP contribution in [0.1, 0.15) is 26.7 Å². The first-order valence-corrected chi connectivity index (χ1v) is 4.19. The van der Waals surface area contributed by atoms with E-state index < -0.39 is 0 Å². The van der Waals surface area contributed by atoms with Crippen LogP contribution in [0.4, 0.5) is 0 Å². The van der Waals surface area contributed by atoms with Crippen molar-refractivity contribution in [2.24, 2.45) is 0 Å². The van der Waals surface area contributed by atoms with E-state index in [0.717, 1.165) is 11.1 Å². The van der Waals surface area contributed by atoms with Crippen LogP contribution in [0.5, 0.6) is 0 Å². The molecule has 1 unspecified atom stereocenters. The van der Waals surface area contributed by atoms with Gasteiger partial charge in [0.25, 0.3) is 0 Å². The van der Waals surface area contributed by atoms with Crippen molar-refractivity contribution in [3.8, 4) is 0 Å². The van der Waals surface area contributed by atoms with Gasteiger partial charge in [-0.1, -0.05) is 29.9 Å². The van der Waals surface area contributed by atoms with Gasteiger partial charge in [0.05, 0.1) is 6.10 Å². The van der Waals surface area contributed by atoms with Gasteiger partial charge in [-0.05, 0) is 26.7 Å². The van der Waals surface area contributed by atoms with Gasteiger partial charge < -0.3 is 5.11 Å². The van der Waals surface area contributed by atoms with Crippen molar-refractivity contribution >= 4 is 0 Å². The smallest absolute Gasteiger partial charge is 0.0609 e. The van der Waals surface area contributed by atoms with Crippen molar-refractivity contribution in [1.82, 2.24) is 0 Å². The first-order chi connectivity index (χ1) is 5.57. The molecule has 0 spiro atoms. The summed E-state index contributed by atoms with van der Waals surface area (Å²) >= 11 is 0. The molecule has 0 aromatic rings. The molecule has 0 aromatic carbocycles. The van der Waals surface area contributed by atoms with Gasteiger partial charge >= 0.3 is 0 Å². The third-order valence-corrected chi connectivity index (χ3v) is 1.81. The molecule has 0 saturated heterocycles. The van der Waals surface area contributed by atoms with Gasteiger partial charge in [-0.2, -0.15) is 0 Å². The molecule has 0 amide bonds. The SMILES string of the molecule is C=CCC(O)C/C=C(\C)C(=C)C. The van der Waals surface area contributed by atoms with E-state index in [0.29, 0.717) is 12.8 Å². The van der Waals surface area contributed by atoms with E-state index in [-0.39, 0.29) is 6.10 Å². The number of allylic oxidation sites excluding steroid dienone is 2. The summed E-state index contributed by atoms with van der Waals surface area (Å²) in [7, 11) is 0. The second kappa shape index (κ2) is 5.78. The monoisotopic (exact) mass is 166 g/mol. The highest BCUT2D eigenvalue weighted by Gasteiger charge is 1.98. The Hall–Kier alpha value is -0.820.